The van der Waals surface area contributed by atoms with Crippen LogP contribution in [0.15, 0.2) is 18.3 Å². The number of nitrogens with zero attached hydrogens (tertiary/aromatic N) is 2. The van der Waals surface area contributed by atoms with Crippen LogP contribution in [0.3, 0.4) is 0 Å². The molecular formula is C15H21N3O3. The fraction of sp³-hybridized carbons (Fsp3) is 0.533. The van der Waals surface area contributed by atoms with E-state index >= 15 is 0 Å². The maximum Gasteiger partial charge on any atom is 0.354 e. The molecule has 1 aromatic heterocycles. The van der Waals surface area contributed by atoms with E-state index in [9.17, 15) is 9.59 Å². The SMILES string of the molecule is CCCCN(C(=O)NCc1ccc(C(=O)O)nc1)C1CC1. The van der Waals surface area contributed by atoms with Gasteiger partial charge >= 0.3 is 12.0 Å². The molecule has 6 heteroatoms. The van der Waals surface area contributed by atoms with Crippen molar-refractivity contribution in [3.05, 3.63) is 29.6 Å². The lowest BCUT2D eigenvalue weighted by Gasteiger charge is -2.22. The summed E-state index contributed by atoms with van der Waals surface area (Å²) in [5.74, 6) is -1.05. The van der Waals surface area contributed by atoms with Crippen LogP contribution in [-0.2, 0) is 6.54 Å². The first kappa shape index (κ1) is 15.3. The predicted molar refractivity (Wildman–Crippen MR) is 78.1 cm³/mol. The molecule has 2 N–H and O–H groups in total. The van der Waals surface area contributed by atoms with Gasteiger partial charge in [0.2, 0.25) is 0 Å². The molecule has 1 saturated carbocycles. The number of unbranched alkanes of at least 4 members (excludes halogenated alkanes) is 1. The van der Waals surface area contributed by atoms with Gasteiger partial charge in [-0.1, -0.05) is 19.4 Å². The van der Waals surface area contributed by atoms with Gasteiger partial charge in [-0.2, -0.15) is 0 Å². The molecule has 0 unspecified atom stereocenters. The zero-order valence-corrected chi connectivity index (χ0v) is 12.2. The lowest BCUT2D eigenvalue weighted by atomic mass is 10.2. The molecule has 0 aromatic carbocycles. The van der Waals surface area contributed by atoms with Gasteiger partial charge in [-0.3, -0.25) is 0 Å². The zero-order chi connectivity index (χ0) is 15.2. The number of rotatable bonds is 7. The fourth-order valence-electron chi connectivity index (χ4n) is 2.10. The number of aromatic nitrogens is 1. The number of aromatic carboxylic acids is 1. The van der Waals surface area contributed by atoms with Gasteiger partial charge in [-0.25, -0.2) is 14.6 Å². The Morgan fingerprint density at radius 2 is 2.19 bits per heavy atom. The molecule has 2 rings (SSSR count). The van der Waals surface area contributed by atoms with Gasteiger partial charge in [0.15, 0.2) is 0 Å². The van der Waals surface area contributed by atoms with E-state index in [1.54, 1.807) is 6.07 Å². The normalized spacial score (nSPS) is 13.8. The summed E-state index contributed by atoms with van der Waals surface area (Å²) < 4.78 is 0. The summed E-state index contributed by atoms with van der Waals surface area (Å²) >= 11 is 0. The molecule has 6 nitrogen and oxygen atoms in total. The van der Waals surface area contributed by atoms with Crippen LogP contribution in [0.1, 0.15) is 48.7 Å². The highest BCUT2D eigenvalue weighted by molar-refractivity contribution is 5.85. The van der Waals surface area contributed by atoms with E-state index in [0.717, 1.165) is 37.8 Å². The molecule has 21 heavy (non-hydrogen) atoms. The van der Waals surface area contributed by atoms with Crippen molar-refractivity contribution in [1.82, 2.24) is 15.2 Å². The molecule has 0 aliphatic heterocycles. The number of carbonyl (C=O) groups is 2. The Bertz CT molecular complexity index is 497. The van der Waals surface area contributed by atoms with E-state index in [0.29, 0.717) is 12.6 Å². The van der Waals surface area contributed by atoms with Crippen LogP contribution in [0.4, 0.5) is 4.79 Å². The molecule has 1 aliphatic rings. The molecule has 0 radical (unpaired) electrons. The second-order valence-corrected chi connectivity index (χ2v) is 5.29. The minimum absolute atomic E-state index is 0.00706. The Kier molecular flexibility index (Phi) is 5.14. The highest BCUT2D eigenvalue weighted by atomic mass is 16.4. The predicted octanol–water partition coefficient (Wildman–Crippen LogP) is 2.25. The van der Waals surface area contributed by atoms with Crippen LogP contribution < -0.4 is 5.32 Å². The summed E-state index contributed by atoms with van der Waals surface area (Å²) in [4.78, 5) is 28.6. The number of pyridine rings is 1. The van der Waals surface area contributed by atoms with E-state index in [-0.39, 0.29) is 11.7 Å². The topological polar surface area (TPSA) is 82.5 Å². The molecule has 0 bridgehead atoms. The van der Waals surface area contributed by atoms with Gasteiger partial charge in [-0.05, 0) is 30.9 Å². The third kappa shape index (κ3) is 4.44. The summed E-state index contributed by atoms with van der Waals surface area (Å²) in [7, 11) is 0. The molecular weight excluding hydrogens is 270 g/mol. The highest BCUT2D eigenvalue weighted by Crippen LogP contribution is 2.27. The number of hydrogen-bond donors (Lipinski definition) is 2. The van der Waals surface area contributed by atoms with Crippen LogP contribution in [0.2, 0.25) is 0 Å². The maximum atomic E-state index is 12.2. The second kappa shape index (κ2) is 7.06. The second-order valence-electron chi connectivity index (χ2n) is 5.29. The monoisotopic (exact) mass is 291 g/mol. The number of carboxylic acids is 1. The molecule has 2 amide bonds. The Morgan fingerprint density at radius 3 is 2.71 bits per heavy atom. The van der Waals surface area contributed by atoms with Gasteiger partial charge in [0.1, 0.15) is 5.69 Å². The van der Waals surface area contributed by atoms with Crippen molar-refractivity contribution < 1.29 is 14.7 Å². The molecule has 1 fully saturated rings. The van der Waals surface area contributed by atoms with Crippen molar-refractivity contribution in [1.29, 1.82) is 0 Å². The quantitative estimate of drug-likeness (QED) is 0.807. The molecule has 0 saturated heterocycles. The summed E-state index contributed by atoms with van der Waals surface area (Å²) in [5.41, 5.74) is 0.798. The van der Waals surface area contributed by atoms with Crippen molar-refractivity contribution in [2.24, 2.45) is 0 Å². The molecule has 1 aliphatic carbocycles. The van der Waals surface area contributed by atoms with E-state index < -0.39 is 5.97 Å². The van der Waals surface area contributed by atoms with Gasteiger partial charge in [0, 0.05) is 25.3 Å². The minimum atomic E-state index is -1.05. The maximum absolute atomic E-state index is 12.2. The van der Waals surface area contributed by atoms with Crippen LogP contribution in [0, 0.1) is 0 Å². The van der Waals surface area contributed by atoms with E-state index in [4.69, 9.17) is 5.11 Å². The number of carboxylic acid groups (broad SMARTS) is 1. The van der Waals surface area contributed by atoms with Crippen LogP contribution >= 0.6 is 0 Å². The molecule has 1 aromatic rings. The molecule has 0 atom stereocenters. The number of nitrogens with one attached hydrogen (secondary N) is 1. The average molecular weight is 291 g/mol. The summed E-state index contributed by atoms with van der Waals surface area (Å²) in [6.45, 7) is 3.27. The Morgan fingerprint density at radius 1 is 1.43 bits per heavy atom. The van der Waals surface area contributed by atoms with E-state index in [2.05, 4.69) is 17.2 Å². The van der Waals surface area contributed by atoms with Crippen LogP contribution in [0.25, 0.3) is 0 Å². The van der Waals surface area contributed by atoms with Crippen molar-refractivity contribution in [2.45, 2.75) is 45.2 Å². The zero-order valence-electron chi connectivity index (χ0n) is 12.2. The van der Waals surface area contributed by atoms with Crippen LogP contribution in [-0.4, -0.2) is 39.6 Å². The largest absolute Gasteiger partial charge is 0.477 e. The number of hydrogen-bond acceptors (Lipinski definition) is 3. The van der Waals surface area contributed by atoms with Gasteiger partial charge in [-0.15, -0.1) is 0 Å². The lowest BCUT2D eigenvalue weighted by molar-refractivity contribution is 0.0690. The molecule has 1 heterocycles. The summed E-state index contributed by atoms with van der Waals surface area (Å²) in [6.07, 6.45) is 5.74. The lowest BCUT2D eigenvalue weighted by Crippen LogP contribution is -2.41. The number of carbonyl (C=O) groups excluding carboxylic acids is 1. The average Bonchev–Trinajstić information content (AvgIpc) is 3.30. The molecule has 114 valence electrons. The van der Waals surface area contributed by atoms with E-state index in [1.807, 2.05) is 4.90 Å². The summed E-state index contributed by atoms with van der Waals surface area (Å²) in [5, 5.41) is 11.7. The number of urea groups is 1. The Labute approximate surface area is 124 Å². The van der Waals surface area contributed by atoms with Crippen molar-refractivity contribution >= 4 is 12.0 Å². The van der Waals surface area contributed by atoms with Gasteiger partial charge in [0.05, 0.1) is 0 Å². The first-order chi connectivity index (χ1) is 10.1. The third-order valence-corrected chi connectivity index (χ3v) is 3.49. The number of amides is 2. The van der Waals surface area contributed by atoms with Crippen LogP contribution in [0.5, 0.6) is 0 Å². The summed E-state index contributed by atoms with van der Waals surface area (Å²) in [6, 6.07) is 3.46. The highest BCUT2D eigenvalue weighted by Gasteiger charge is 2.31. The van der Waals surface area contributed by atoms with Crippen molar-refractivity contribution in [3.8, 4) is 0 Å². The van der Waals surface area contributed by atoms with Gasteiger partial charge < -0.3 is 15.3 Å². The van der Waals surface area contributed by atoms with Crippen molar-refractivity contribution in [2.75, 3.05) is 6.54 Å². The van der Waals surface area contributed by atoms with E-state index in [1.165, 1.54) is 12.3 Å². The molecule has 0 spiro atoms. The van der Waals surface area contributed by atoms with Gasteiger partial charge in [0.25, 0.3) is 0 Å². The Balaban J connectivity index is 1.85. The third-order valence-electron chi connectivity index (χ3n) is 3.49. The minimum Gasteiger partial charge on any atom is -0.477 e. The fourth-order valence-corrected chi connectivity index (χ4v) is 2.10. The Hall–Kier alpha value is -2.11. The first-order valence-corrected chi connectivity index (χ1v) is 7.34. The standard InChI is InChI=1S/C15H21N3O3/c1-2-3-8-18(12-5-6-12)15(21)17-10-11-4-7-13(14(19)20)16-9-11/h4,7,9,12H,2-3,5-6,8,10H2,1H3,(H,17,21)(H,19,20). The smallest absolute Gasteiger partial charge is 0.354 e. The van der Waals surface area contributed by atoms with Crippen molar-refractivity contribution in [3.63, 3.8) is 0 Å². The first-order valence-electron chi connectivity index (χ1n) is 7.34.